The summed E-state index contributed by atoms with van der Waals surface area (Å²) in [5, 5.41) is 7.59. The molecule has 0 amide bonds. The standard InChI is InChI=1S/C19H21BrN4O3S2/c1-14(17-4-2-3-5-18(17)20)22-23-19(28)21-15-6-8-16(9-7-15)29(25,26)24-10-12-27-13-11-24/h2-9H,10-13H2,1H3,(H2,21,23,28). The summed E-state index contributed by atoms with van der Waals surface area (Å²) in [6.45, 7) is 3.44. The lowest BCUT2D eigenvalue weighted by Crippen LogP contribution is -2.40. The van der Waals surface area contributed by atoms with E-state index in [4.69, 9.17) is 17.0 Å². The van der Waals surface area contributed by atoms with Crippen molar-refractivity contribution in [3.8, 4) is 0 Å². The van der Waals surface area contributed by atoms with E-state index in [1.165, 1.54) is 4.31 Å². The molecule has 1 aliphatic rings. The van der Waals surface area contributed by atoms with Gasteiger partial charge in [-0.05, 0) is 49.5 Å². The maximum absolute atomic E-state index is 12.7. The molecule has 1 heterocycles. The number of morpholine rings is 1. The zero-order chi connectivity index (χ0) is 20.9. The van der Waals surface area contributed by atoms with E-state index >= 15 is 0 Å². The van der Waals surface area contributed by atoms with Crippen molar-refractivity contribution in [1.29, 1.82) is 0 Å². The Balaban J connectivity index is 1.61. The molecule has 10 heteroatoms. The van der Waals surface area contributed by atoms with Crippen LogP contribution in [0.4, 0.5) is 5.69 Å². The number of thiocarbonyl (C=S) groups is 1. The molecule has 0 atom stereocenters. The summed E-state index contributed by atoms with van der Waals surface area (Å²) < 4.78 is 32.9. The van der Waals surface area contributed by atoms with Gasteiger partial charge < -0.3 is 10.1 Å². The number of nitrogens with zero attached hydrogens (tertiary/aromatic N) is 2. The van der Waals surface area contributed by atoms with Crippen molar-refractivity contribution >= 4 is 54.7 Å². The molecule has 0 unspecified atom stereocenters. The molecular formula is C19H21BrN4O3S2. The fourth-order valence-electron chi connectivity index (χ4n) is 2.75. The molecule has 0 spiro atoms. The highest BCUT2D eigenvalue weighted by Gasteiger charge is 2.26. The van der Waals surface area contributed by atoms with Crippen molar-refractivity contribution in [3.05, 3.63) is 58.6 Å². The van der Waals surface area contributed by atoms with Crippen LogP contribution in [0.5, 0.6) is 0 Å². The van der Waals surface area contributed by atoms with Crippen LogP contribution in [0.15, 0.2) is 63.0 Å². The molecular weight excluding hydrogens is 476 g/mol. The van der Waals surface area contributed by atoms with Crippen molar-refractivity contribution in [3.63, 3.8) is 0 Å². The maximum atomic E-state index is 12.7. The summed E-state index contributed by atoms with van der Waals surface area (Å²) in [7, 11) is -3.51. The topological polar surface area (TPSA) is 83.0 Å². The van der Waals surface area contributed by atoms with Gasteiger partial charge >= 0.3 is 0 Å². The van der Waals surface area contributed by atoms with E-state index in [1.807, 2.05) is 31.2 Å². The van der Waals surface area contributed by atoms with E-state index in [1.54, 1.807) is 24.3 Å². The highest BCUT2D eigenvalue weighted by Crippen LogP contribution is 2.19. The van der Waals surface area contributed by atoms with Gasteiger partial charge in [-0.1, -0.05) is 34.1 Å². The van der Waals surface area contributed by atoms with Crippen molar-refractivity contribution < 1.29 is 13.2 Å². The summed E-state index contributed by atoms with van der Waals surface area (Å²) in [4.78, 5) is 0.242. The number of anilines is 1. The fourth-order valence-corrected chi connectivity index (χ4v) is 4.90. The molecule has 29 heavy (non-hydrogen) atoms. The predicted molar refractivity (Wildman–Crippen MR) is 122 cm³/mol. The van der Waals surface area contributed by atoms with Gasteiger partial charge in [-0.2, -0.15) is 9.41 Å². The van der Waals surface area contributed by atoms with Gasteiger partial charge in [0.05, 0.1) is 23.8 Å². The number of sulfonamides is 1. The predicted octanol–water partition coefficient (Wildman–Crippen LogP) is 3.18. The first-order valence-electron chi connectivity index (χ1n) is 8.92. The van der Waals surface area contributed by atoms with Crippen LogP contribution in [0.3, 0.4) is 0 Å². The van der Waals surface area contributed by atoms with Gasteiger partial charge in [0.15, 0.2) is 5.11 Å². The SMILES string of the molecule is CC(=NNC(=S)Nc1ccc(S(=O)(=O)N2CCOCC2)cc1)c1ccccc1Br. The Morgan fingerprint density at radius 3 is 2.45 bits per heavy atom. The molecule has 0 aliphatic carbocycles. The molecule has 2 aromatic carbocycles. The molecule has 1 fully saturated rings. The Hall–Kier alpha value is -1.85. The van der Waals surface area contributed by atoms with E-state index in [-0.39, 0.29) is 4.90 Å². The highest BCUT2D eigenvalue weighted by atomic mass is 79.9. The Morgan fingerprint density at radius 2 is 1.79 bits per heavy atom. The van der Waals surface area contributed by atoms with Crippen molar-refractivity contribution in [2.45, 2.75) is 11.8 Å². The van der Waals surface area contributed by atoms with Gasteiger partial charge in [-0.25, -0.2) is 8.42 Å². The number of benzene rings is 2. The zero-order valence-corrected chi connectivity index (χ0v) is 19.0. The molecule has 3 rings (SSSR count). The maximum Gasteiger partial charge on any atom is 0.243 e. The van der Waals surface area contributed by atoms with Gasteiger partial charge in [0.1, 0.15) is 0 Å². The van der Waals surface area contributed by atoms with Crippen LogP contribution in [-0.2, 0) is 14.8 Å². The lowest BCUT2D eigenvalue weighted by Gasteiger charge is -2.26. The molecule has 1 aliphatic heterocycles. The van der Waals surface area contributed by atoms with Crippen LogP contribution in [0, 0.1) is 0 Å². The molecule has 2 aromatic rings. The molecule has 0 saturated carbocycles. The van der Waals surface area contributed by atoms with E-state index in [9.17, 15) is 8.42 Å². The average molecular weight is 497 g/mol. The number of hydrazone groups is 1. The number of hydrogen-bond acceptors (Lipinski definition) is 5. The summed E-state index contributed by atoms with van der Waals surface area (Å²) >= 11 is 8.76. The molecule has 154 valence electrons. The Labute approximate surface area is 184 Å². The Bertz CT molecular complexity index is 1000. The van der Waals surface area contributed by atoms with Crippen LogP contribution in [-0.4, -0.2) is 49.9 Å². The smallest absolute Gasteiger partial charge is 0.243 e. The number of nitrogens with one attached hydrogen (secondary N) is 2. The molecule has 0 radical (unpaired) electrons. The Kier molecular flexibility index (Phi) is 7.36. The van der Waals surface area contributed by atoms with Gasteiger partial charge in [0.2, 0.25) is 10.0 Å². The van der Waals surface area contributed by atoms with Crippen LogP contribution >= 0.6 is 28.1 Å². The number of halogens is 1. The summed E-state index contributed by atoms with van der Waals surface area (Å²) in [5.74, 6) is 0. The molecule has 7 nitrogen and oxygen atoms in total. The third-order valence-corrected chi connectivity index (χ3v) is 7.11. The van der Waals surface area contributed by atoms with Crippen LogP contribution in [0.2, 0.25) is 0 Å². The molecule has 0 aromatic heterocycles. The normalized spacial score (nSPS) is 15.7. The summed E-state index contributed by atoms with van der Waals surface area (Å²) in [5.41, 5.74) is 5.19. The van der Waals surface area contributed by atoms with E-state index < -0.39 is 10.0 Å². The molecule has 1 saturated heterocycles. The first kappa shape index (κ1) is 21.8. The summed E-state index contributed by atoms with van der Waals surface area (Å²) in [6, 6.07) is 14.2. The quantitative estimate of drug-likeness (QED) is 0.375. The highest BCUT2D eigenvalue weighted by molar-refractivity contribution is 9.10. The molecule has 0 bridgehead atoms. The van der Waals surface area contributed by atoms with Crippen LogP contribution < -0.4 is 10.7 Å². The van der Waals surface area contributed by atoms with Gasteiger partial charge in [0.25, 0.3) is 0 Å². The van der Waals surface area contributed by atoms with Crippen molar-refractivity contribution in [1.82, 2.24) is 9.73 Å². The van der Waals surface area contributed by atoms with Gasteiger partial charge in [-0.3, -0.25) is 5.43 Å². The number of ether oxygens (including phenoxy) is 1. The second-order valence-electron chi connectivity index (χ2n) is 6.28. The van der Waals surface area contributed by atoms with E-state index in [0.717, 1.165) is 15.7 Å². The monoisotopic (exact) mass is 496 g/mol. The van der Waals surface area contributed by atoms with E-state index in [0.29, 0.717) is 37.1 Å². The number of rotatable bonds is 5. The van der Waals surface area contributed by atoms with Crippen molar-refractivity contribution in [2.24, 2.45) is 5.10 Å². The second kappa shape index (κ2) is 9.77. The lowest BCUT2D eigenvalue weighted by atomic mass is 10.1. The first-order chi connectivity index (χ1) is 13.9. The number of hydrogen-bond donors (Lipinski definition) is 2. The van der Waals surface area contributed by atoms with Gasteiger partial charge in [0, 0.05) is 28.8 Å². The Morgan fingerprint density at radius 1 is 1.14 bits per heavy atom. The zero-order valence-electron chi connectivity index (χ0n) is 15.8. The lowest BCUT2D eigenvalue weighted by molar-refractivity contribution is 0.0730. The minimum atomic E-state index is -3.51. The molecule has 2 N–H and O–H groups in total. The van der Waals surface area contributed by atoms with Gasteiger partial charge in [-0.15, -0.1) is 0 Å². The third kappa shape index (κ3) is 5.61. The minimum absolute atomic E-state index is 0.242. The average Bonchev–Trinajstić information content (AvgIpc) is 2.73. The van der Waals surface area contributed by atoms with Crippen LogP contribution in [0.1, 0.15) is 12.5 Å². The third-order valence-electron chi connectivity index (χ3n) is 4.31. The first-order valence-corrected chi connectivity index (χ1v) is 11.6. The second-order valence-corrected chi connectivity index (χ2v) is 9.48. The van der Waals surface area contributed by atoms with E-state index in [2.05, 4.69) is 31.8 Å². The summed E-state index contributed by atoms with van der Waals surface area (Å²) in [6.07, 6.45) is 0. The van der Waals surface area contributed by atoms with Crippen LogP contribution in [0.25, 0.3) is 0 Å². The largest absolute Gasteiger partial charge is 0.379 e. The minimum Gasteiger partial charge on any atom is -0.379 e. The fraction of sp³-hybridized carbons (Fsp3) is 0.263. The van der Waals surface area contributed by atoms with Crippen molar-refractivity contribution in [2.75, 3.05) is 31.6 Å².